The van der Waals surface area contributed by atoms with E-state index in [9.17, 15) is 13.2 Å². The van der Waals surface area contributed by atoms with Gasteiger partial charge in [0.15, 0.2) is 0 Å². The fraction of sp³-hybridized carbons (Fsp3) is 0.500. The molecule has 1 aromatic rings. The summed E-state index contributed by atoms with van der Waals surface area (Å²) in [5.74, 6) is 0.924. The van der Waals surface area contributed by atoms with E-state index < -0.39 is 10.0 Å². The van der Waals surface area contributed by atoms with E-state index in [-0.39, 0.29) is 10.8 Å². The first kappa shape index (κ1) is 15.0. The minimum absolute atomic E-state index is 0.0384. The van der Waals surface area contributed by atoms with Gasteiger partial charge in [0.2, 0.25) is 10.0 Å². The van der Waals surface area contributed by atoms with Gasteiger partial charge in [-0.05, 0) is 49.3 Å². The zero-order valence-corrected chi connectivity index (χ0v) is 12.5. The summed E-state index contributed by atoms with van der Waals surface area (Å²) >= 11 is 0. The number of nitrogens with two attached hydrogens (primary N) is 1. The zero-order chi connectivity index (χ0) is 14.9. The summed E-state index contributed by atoms with van der Waals surface area (Å²) in [4.78, 5) is 12.1. The van der Waals surface area contributed by atoms with Crippen molar-refractivity contribution in [3.05, 3.63) is 29.3 Å². The normalized spacial score (nSPS) is 16.8. The molecule has 6 heteroatoms. The molecule has 0 radical (unpaired) electrons. The van der Waals surface area contributed by atoms with E-state index in [1.807, 2.05) is 0 Å². The van der Waals surface area contributed by atoms with Crippen LogP contribution in [-0.4, -0.2) is 20.9 Å². The van der Waals surface area contributed by atoms with Crippen molar-refractivity contribution in [1.29, 1.82) is 0 Å². The molecule has 1 amide bonds. The van der Waals surface area contributed by atoms with Gasteiger partial charge in [-0.1, -0.05) is 13.0 Å². The molecular formula is C14H20N2O3S. The van der Waals surface area contributed by atoms with Crippen LogP contribution in [0, 0.1) is 18.8 Å². The van der Waals surface area contributed by atoms with Gasteiger partial charge < -0.3 is 5.32 Å². The van der Waals surface area contributed by atoms with Crippen LogP contribution < -0.4 is 10.5 Å². The number of hydrogen-bond donors (Lipinski definition) is 2. The van der Waals surface area contributed by atoms with Crippen LogP contribution in [0.3, 0.4) is 0 Å². The van der Waals surface area contributed by atoms with E-state index in [0.717, 1.165) is 5.56 Å². The van der Waals surface area contributed by atoms with Crippen LogP contribution in [0.5, 0.6) is 0 Å². The van der Waals surface area contributed by atoms with Gasteiger partial charge in [0.05, 0.1) is 4.90 Å². The molecule has 0 heterocycles. The highest BCUT2D eigenvalue weighted by Gasteiger charge is 2.28. The SMILES string of the molecule is Cc1ccc(S(N)(=O)=O)cc1C(=O)NCC(C)C1CC1. The molecule has 0 saturated heterocycles. The Labute approximate surface area is 119 Å². The van der Waals surface area contributed by atoms with Crippen molar-refractivity contribution in [1.82, 2.24) is 5.32 Å². The molecule has 0 aliphatic heterocycles. The summed E-state index contributed by atoms with van der Waals surface area (Å²) in [5.41, 5.74) is 1.09. The number of carbonyl (C=O) groups is 1. The second kappa shape index (κ2) is 5.54. The first-order valence-electron chi connectivity index (χ1n) is 6.70. The lowest BCUT2D eigenvalue weighted by atomic mass is 10.1. The van der Waals surface area contributed by atoms with Gasteiger partial charge in [-0.2, -0.15) is 0 Å². The first-order valence-corrected chi connectivity index (χ1v) is 8.25. The highest BCUT2D eigenvalue weighted by Crippen LogP contribution is 2.36. The highest BCUT2D eigenvalue weighted by molar-refractivity contribution is 7.89. The van der Waals surface area contributed by atoms with Crippen LogP contribution in [0.1, 0.15) is 35.7 Å². The van der Waals surface area contributed by atoms with Crippen molar-refractivity contribution in [3.63, 3.8) is 0 Å². The molecule has 2 rings (SSSR count). The Kier molecular flexibility index (Phi) is 4.15. The van der Waals surface area contributed by atoms with Crippen molar-refractivity contribution in [2.75, 3.05) is 6.54 Å². The molecule has 0 spiro atoms. The molecule has 1 fully saturated rings. The third kappa shape index (κ3) is 3.58. The molecule has 1 saturated carbocycles. The average Bonchev–Trinajstić information content (AvgIpc) is 3.18. The Morgan fingerprint density at radius 2 is 2.10 bits per heavy atom. The summed E-state index contributed by atoms with van der Waals surface area (Å²) in [6.45, 7) is 4.50. The van der Waals surface area contributed by atoms with Gasteiger partial charge in [0.1, 0.15) is 0 Å². The number of sulfonamides is 1. The number of nitrogens with one attached hydrogen (secondary N) is 1. The number of benzene rings is 1. The van der Waals surface area contributed by atoms with Crippen LogP contribution in [-0.2, 0) is 10.0 Å². The fourth-order valence-electron chi connectivity index (χ4n) is 2.20. The number of primary sulfonamides is 1. The topological polar surface area (TPSA) is 89.3 Å². The van der Waals surface area contributed by atoms with E-state index in [1.165, 1.54) is 25.0 Å². The van der Waals surface area contributed by atoms with Crippen molar-refractivity contribution >= 4 is 15.9 Å². The summed E-state index contributed by atoms with van der Waals surface area (Å²) < 4.78 is 22.7. The minimum atomic E-state index is -3.79. The van der Waals surface area contributed by atoms with Crippen LogP contribution in [0.25, 0.3) is 0 Å². The Morgan fingerprint density at radius 1 is 1.45 bits per heavy atom. The largest absolute Gasteiger partial charge is 0.352 e. The van der Waals surface area contributed by atoms with Crippen molar-refractivity contribution in [2.45, 2.75) is 31.6 Å². The maximum Gasteiger partial charge on any atom is 0.251 e. The molecule has 1 atom stereocenters. The fourth-order valence-corrected chi connectivity index (χ4v) is 2.74. The molecule has 1 aliphatic rings. The summed E-state index contributed by atoms with van der Waals surface area (Å²) in [5, 5.41) is 7.95. The van der Waals surface area contributed by atoms with Crippen LogP contribution >= 0.6 is 0 Å². The maximum absolute atomic E-state index is 12.1. The quantitative estimate of drug-likeness (QED) is 0.861. The number of aryl methyl sites for hydroxylation is 1. The summed E-state index contributed by atoms with van der Waals surface area (Å²) in [6, 6.07) is 4.34. The Bertz CT molecular complexity index is 621. The van der Waals surface area contributed by atoms with Crippen LogP contribution in [0.15, 0.2) is 23.1 Å². The third-order valence-electron chi connectivity index (χ3n) is 3.79. The summed E-state index contributed by atoms with van der Waals surface area (Å²) in [6.07, 6.45) is 2.47. The van der Waals surface area contributed by atoms with Crippen LogP contribution in [0.4, 0.5) is 0 Å². The molecule has 3 N–H and O–H groups in total. The van der Waals surface area contributed by atoms with E-state index in [4.69, 9.17) is 5.14 Å². The molecule has 5 nitrogen and oxygen atoms in total. The van der Waals surface area contributed by atoms with E-state index in [2.05, 4.69) is 12.2 Å². The minimum Gasteiger partial charge on any atom is -0.352 e. The lowest BCUT2D eigenvalue weighted by Gasteiger charge is -2.13. The second-order valence-corrected chi connectivity index (χ2v) is 7.11. The van der Waals surface area contributed by atoms with E-state index in [0.29, 0.717) is 23.9 Å². The van der Waals surface area contributed by atoms with Crippen LogP contribution in [0.2, 0.25) is 0 Å². The molecule has 1 aromatic carbocycles. The van der Waals surface area contributed by atoms with Gasteiger partial charge in [-0.3, -0.25) is 4.79 Å². The smallest absolute Gasteiger partial charge is 0.251 e. The number of carbonyl (C=O) groups excluding carboxylic acids is 1. The van der Waals surface area contributed by atoms with Crippen molar-refractivity contribution in [3.8, 4) is 0 Å². The number of hydrogen-bond acceptors (Lipinski definition) is 3. The van der Waals surface area contributed by atoms with Gasteiger partial charge in [0, 0.05) is 12.1 Å². The van der Waals surface area contributed by atoms with E-state index >= 15 is 0 Å². The van der Waals surface area contributed by atoms with Gasteiger partial charge in [-0.15, -0.1) is 0 Å². The standard InChI is InChI=1S/C14H20N2O3S/c1-9-3-6-12(20(15,18)19)7-13(9)14(17)16-8-10(2)11-4-5-11/h3,6-7,10-11H,4-5,8H2,1-2H3,(H,16,17)(H2,15,18,19). The maximum atomic E-state index is 12.1. The Balaban J connectivity index is 2.12. The first-order chi connectivity index (χ1) is 9.29. The van der Waals surface area contributed by atoms with Gasteiger partial charge in [-0.25, -0.2) is 13.6 Å². The Hall–Kier alpha value is -1.40. The number of amides is 1. The van der Waals surface area contributed by atoms with Crippen molar-refractivity contribution in [2.24, 2.45) is 17.0 Å². The third-order valence-corrected chi connectivity index (χ3v) is 4.70. The molecule has 0 aromatic heterocycles. The van der Waals surface area contributed by atoms with Crippen molar-refractivity contribution < 1.29 is 13.2 Å². The predicted molar refractivity (Wildman–Crippen MR) is 76.8 cm³/mol. The Morgan fingerprint density at radius 3 is 2.65 bits per heavy atom. The monoisotopic (exact) mass is 296 g/mol. The summed E-state index contributed by atoms with van der Waals surface area (Å²) in [7, 11) is -3.79. The molecular weight excluding hydrogens is 276 g/mol. The van der Waals surface area contributed by atoms with E-state index in [1.54, 1.807) is 13.0 Å². The van der Waals surface area contributed by atoms with Gasteiger partial charge >= 0.3 is 0 Å². The second-order valence-electron chi connectivity index (χ2n) is 5.55. The highest BCUT2D eigenvalue weighted by atomic mass is 32.2. The average molecular weight is 296 g/mol. The molecule has 110 valence electrons. The molecule has 1 aliphatic carbocycles. The predicted octanol–water partition coefficient (Wildman–Crippen LogP) is 1.42. The molecule has 1 unspecified atom stereocenters. The molecule has 20 heavy (non-hydrogen) atoms. The van der Waals surface area contributed by atoms with Gasteiger partial charge in [0.25, 0.3) is 5.91 Å². The zero-order valence-electron chi connectivity index (χ0n) is 11.7. The lowest BCUT2D eigenvalue weighted by Crippen LogP contribution is -2.29. The number of rotatable bonds is 5. The lowest BCUT2D eigenvalue weighted by molar-refractivity contribution is 0.0946. The molecule has 0 bridgehead atoms.